The number of fused-ring (bicyclic) bond motifs is 1. The van der Waals surface area contributed by atoms with Crippen LogP contribution in [0.15, 0.2) is 0 Å². The molecule has 0 unspecified atom stereocenters. The highest BCUT2D eigenvalue weighted by Gasteiger charge is 2.37. The Labute approximate surface area is 161 Å². The van der Waals surface area contributed by atoms with Crippen molar-refractivity contribution < 1.29 is 18.0 Å². The van der Waals surface area contributed by atoms with Gasteiger partial charge < -0.3 is 10.2 Å². The molecule has 10 heteroatoms. The second-order valence-corrected chi connectivity index (χ2v) is 7.29. The first-order chi connectivity index (χ1) is 13.2. The Balaban J connectivity index is 1.70. The molecule has 1 amide bonds. The van der Waals surface area contributed by atoms with Gasteiger partial charge in [-0.3, -0.25) is 4.79 Å². The Hall–Kier alpha value is -2.23. The van der Waals surface area contributed by atoms with E-state index in [4.69, 9.17) is 0 Å². The van der Waals surface area contributed by atoms with E-state index in [9.17, 15) is 18.0 Å². The first-order valence-electron chi connectivity index (χ1n) is 9.43. The zero-order valence-electron chi connectivity index (χ0n) is 16.3. The van der Waals surface area contributed by atoms with Crippen LogP contribution in [0.25, 0.3) is 5.78 Å². The van der Waals surface area contributed by atoms with Crippen LogP contribution in [0.2, 0.25) is 0 Å². The lowest BCUT2D eigenvalue weighted by Gasteiger charge is -2.32. The van der Waals surface area contributed by atoms with Gasteiger partial charge in [0.15, 0.2) is 0 Å². The molecule has 0 aliphatic carbocycles. The molecule has 1 saturated heterocycles. The summed E-state index contributed by atoms with van der Waals surface area (Å²) < 4.78 is 39.7. The predicted octanol–water partition coefficient (Wildman–Crippen LogP) is 2.15. The molecule has 1 aliphatic rings. The zero-order chi connectivity index (χ0) is 20.5. The fourth-order valence-electron chi connectivity index (χ4n) is 3.76. The minimum Gasteiger partial charge on any atom is -0.343 e. The van der Waals surface area contributed by atoms with Crippen molar-refractivity contribution in [2.24, 2.45) is 5.92 Å². The molecule has 7 nitrogen and oxygen atoms in total. The monoisotopic (exact) mass is 398 g/mol. The Morgan fingerprint density at radius 1 is 1.21 bits per heavy atom. The number of amides is 1. The molecule has 2 aromatic rings. The van der Waals surface area contributed by atoms with Crippen molar-refractivity contribution in [3.63, 3.8) is 0 Å². The molecule has 0 bridgehead atoms. The molecule has 1 N–H and O–H groups in total. The van der Waals surface area contributed by atoms with Crippen molar-refractivity contribution in [1.29, 1.82) is 0 Å². The summed E-state index contributed by atoms with van der Waals surface area (Å²) in [4.78, 5) is 22.1. The van der Waals surface area contributed by atoms with Gasteiger partial charge in [0, 0.05) is 30.9 Å². The lowest BCUT2D eigenvalue weighted by atomic mass is 9.96. The molecule has 0 atom stereocenters. The molecule has 154 valence electrons. The number of nitrogens with zero attached hydrogens (tertiary/aromatic N) is 5. The summed E-state index contributed by atoms with van der Waals surface area (Å²) in [6.45, 7) is 5.86. The number of likely N-dealkylation sites (tertiary alicyclic amines) is 1. The van der Waals surface area contributed by atoms with Crippen LogP contribution < -0.4 is 5.32 Å². The van der Waals surface area contributed by atoms with Gasteiger partial charge in [0.2, 0.25) is 5.91 Å². The Bertz CT molecular complexity index is 855. The third-order valence-electron chi connectivity index (χ3n) is 5.35. The Morgan fingerprint density at radius 2 is 1.89 bits per heavy atom. The topological polar surface area (TPSA) is 75.4 Å². The molecule has 0 radical (unpaired) electrons. The molecule has 0 aromatic carbocycles. The molecule has 28 heavy (non-hydrogen) atoms. The highest BCUT2D eigenvalue weighted by atomic mass is 19.4. The molecule has 3 rings (SSSR count). The van der Waals surface area contributed by atoms with Crippen molar-refractivity contribution in [1.82, 2.24) is 29.8 Å². The van der Waals surface area contributed by atoms with Crippen LogP contribution in [0, 0.1) is 19.8 Å². The number of hydrogen-bond donors (Lipinski definition) is 1. The fourth-order valence-corrected chi connectivity index (χ4v) is 3.76. The number of carbonyl (C=O) groups is 1. The molecular formula is C18H25F3N6O. The zero-order valence-corrected chi connectivity index (χ0v) is 16.3. The number of piperidine rings is 1. The maximum absolute atomic E-state index is 12.9. The average molecular weight is 398 g/mol. The van der Waals surface area contributed by atoms with E-state index in [-0.39, 0.29) is 11.7 Å². The van der Waals surface area contributed by atoms with E-state index in [1.807, 2.05) is 11.9 Å². The number of aryl methyl sites for hydroxylation is 2. The second-order valence-electron chi connectivity index (χ2n) is 7.29. The smallest absolute Gasteiger partial charge is 0.343 e. The Morgan fingerprint density at radius 3 is 2.50 bits per heavy atom. The van der Waals surface area contributed by atoms with Gasteiger partial charge in [-0.15, -0.1) is 5.10 Å². The highest BCUT2D eigenvalue weighted by molar-refractivity contribution is 5.76. The summed E-state index contributed by atoms with van der Waals surface area (Å²) in [5.74, 6) is -0.624. The van der Waals surface area contributed by atoms with Gasteiger partial charge in [-0.1, -0.05) is 0 Å². The number of hydrogen-bond acceptors (Lipinski definition) is 5. The largest absolute Gasteiger partial charge is 0.453 e. The summed E-state index contributed by atoms with van der Waals surface area (Å²) in [5, 5.41) is 6.72. The van der Waals surface area contributed by atoms with Crippen LogP contribution in [-0.2, 0) is 17.4 Å². The van der Waals surface area contributed by atoms with Gasteiger partial charge in [-0.05, 0) is 58.2 Å². The minimum absolute atomic E-state index is 0.0661. The molecule has 1 fully saturated rings. The van der Waals surface area contributed by atoms with Crippen LogP contribution in [0.5, 0.6) is 0 Å². The molecule has 0 spiro atoms. The third-order valence-corrected chi connectivity index (χ3v) is 5.35. The third kappa shape index (κ3) is 4.26. The van der Waals surface area contributed by atoms with Crippen molar-refractivity contribution in [3.05, 3.63) is 22.8 Å². The summed E-state index contributed by atoms with van der Waals surface area (Å²) in [6.07, 6.45) is -1.94. The SMILES string of the molecule is CNCC1CCN(C(=O)CCc2c(C)nc3nc(C(F)(F)F)nn3c2C)CC1. The van der Waals surface area contributed by atoms with E-state index in [1.54, 1.807) is 13.8 Å². The first kappa shape index (κ1) is 20.5. The van der Waals surface area contributed by atoms with Gasteiger partial charge in [0.05, 0.1) is 0 Å². The van der Waals surface area contributed by atoms with Crippen molar-refractivity contribution >= 4 is 11.7 Å². The molecule has 0 saturated carbocycles. The van der Waals surface area contributed by atoms with E-state index in [0.29, 0.717) is 30.1 Å². The van der Waals surface area contributed by atoms with Gasteiger partial charge in [-0.2, -0.15) is 18.2 Å². The van der Waals surface area contributed by atoms with Crippen LogP contribution in [0.1, 0.15) is 42.0 Å². The number of alkyl halides is 3. The van der Waals surface area contributed by atoms with Crippen LogP contribution in [0.4, 0.5) is 13.2 Å². The van der Waals surface area contributed by atoms with E-state index >= 15 is 0 Å². The first-order valence-corrected chi connectivity index (χ1v) is 9.43. The van der Waals surface area contributed by atoms with Crippen molar-refractivity contribution in [3.8, 4) is 0 Å². The van der Waals surface area contributed by atoms with Crippen molar-refractivity contribution in [2.45, 2.75) is 45.7 Å². The molecule has 2 aromatic heterocycles. The number of rotatable bonds is 5. The van der Waals surface area contributed by atoms with Crippen LogP contribution in [-0.4, -0.2) is 57.1 Å². The maximum Gasteiger partial charge on any atom is 0.453 e. The lowest BCUT2D eigenvalue weighted by molar-refractivity contribution is -0.144. The second kappa shape index (κ2) is 8.02. The average Bonchev–Trinajstić information content (AvgIpc) is 3.07. The summed E-state index contributed by atoms with van der Waals surface area (Å²) in [5.41, 5.74) is 1.85. The summed E-state index contributed by atoms with van der Waals surface area (Å²) in [6, 6.07) is 0. The van der Waals surface area contributed by atoms with Gasteiger partial charge in [-0.25, -0.2) is 9.50 Å². The number of aromatic nitrogens is 4. The van der Waals surface area contributed by atoms with E-state index in [0.717, 1.165) is 42.6 Å². The summed E-state index contributed by atoms with van der Waals surface area (Å²) >= 11 is 0. The molecule has 1 aliphatic heterocycles. The van der Waals surface area contributed by atoms with Crippen LogP contribution >= 0.6 is 0 Å². The van der Waals surface area contributed by atoms with Crippen LogP contribution in [0.3, 0.4) is 0 Å². The lowest BCUT2D eigenvalue weighted by Crippen LogP contribution is -2.40. The molecule has 3 heterocycles. The quantitative estimate of drug-likeness (QED) is 0.835. The fraction of sp³-hybridized carbons (Fsp3) is 0.667. The number of halogens is 3. The minimum atomic E-state index is -4.62. The van der Waals surface area contributed by atoms with E-state index in [2.05, 4.69) is 20.4 Å². The summed E-state index contributed by atoms with van der Waals surface area (Å²) in [7, 11) is 1.93. The van der Waals surface area contributed by atoms with Gasteiger partial charge >= 0.3 is 6.18 Å². The van der Waals surface area contributed by atoms with Gasteiger partial charge in [0.1, 0.15) is 0 Å². The molecular weight excluding hydrogens is 373 g/mol. The standard InChI is InChI=1S/C18H25F3N6O/c1-11-14(4-5-15(28)26-8-6-13(7-9-26)10-22-3)12(2)27-17(23-11)24-16(25-27)18(19,20)21/h13,22H,4-10H2,1-3H3. The number of nitrogens with one attached hydrogen (secondary N) is 1. The van der Waals surface area contributed by atoms with Gasteiger partial charge in [0.25, 0.3) is 11.6 Å². The highest BCUT2D eigenvalue weighted by Crippen LogP contribution is 2.27. The maximum atomic E-state index is 12.9. The van der Waals surface area contributed by atoms with Crippen molar-refractivity contribution in [2.75, 3.05) is 26.7 Å². The van der Waals surface area contributed by atoms with E-state index in [1.165, 1.54) is 0 Å². The predicted molar refractivity (Wildman–Crippen MR) is 96.8 cm³/mol. The number of carbonyl (C=O) groups excluding carboxylic acids is 1. The Kier molecular flexibility index (Phi) is 5.87. The normalized spacial score (nSPS) is 16.1. The van der Waals surface area contributed by atoms with E-state index < -0.39 is 12.0 Å².